The van der Waals surface area contributed by atoms with Gasteiger partial charge in [-0.25, -0.2) is 9.37 Å². The van der Waals surface area contributed by atoms with Crippen LogP contribution in [0.5, 0.6) is 0 Å². The van der Waals surface area contributed by atoms with Gasteiger partial charge in [0.25, 0.3) is 0 Å². The van der Waals surface area contributed by atoms with E-state index in [9.17, 15) is 9.18 Å². The molecule has 0 fully saturated rings. The third kappa shape index (κ3) is 2.67. The number of carbonyl (C=O) groups is 1. The molecule has 18 heavy (non-hydrogen) atoms. The van der Waals surface area contributed by atoms with E-state index in [4.69, 9.17) is 0 Å². The van der Waals surface area contributed by atoms with E-state index in [1.807, 2.05) is 11.5 Å². The Labute approximate surface area is 113 Å². The summed E-state index contributed by atoms with van der Waals surface area (Å²) >= 11 is 3.16. The first kappa shape index (κ1) is 13.0. The average molecular weight is 311 g/mol. The predicted octanol–water partition coefficient (Wildman–Crippen LogP) is 3.23. The van der Waals surface area contributed by atoms with Crippen molar-refractivity contribution >= 4 is 21.7 Å². The smallest absolute Gasteiger partial charge is 0.173 e. The lowest BCUT2D eigenvalue weighted by Crippen LogP contribution is -2.11. The molecule has 0 aliphatic rings. The Morgan fingerprint density at radius 1 is 1.50 bits per heavy atom. The Morgan fingerprint density at radius 2 is 2.28 bits per heavy atom. The molecule has 2 aromatic rings. The average Bonchev–Trinajstić information content (AvgIpc) is 2.76. The molecule has 5 heteroatoms. The standard InChI is InChI=1S/C13H12BrFN2O/c1-2-17-6-5-16-13(17)8-12(18)10-4-3-9(14)7-11(10)15/h3-7H,2,8H2,1H3. The quantitative estimate of drug-likeness (QED) is 0.813. The number of nitrogens with zero attached hydrogens (tertiary/aromatic N) is 2. The van der Waals surface area contributed by atoms with Crippen molar-refractivity contribution in [2.24, 2.45) is 0 Å². The lowest BCUT2D eigenvalue weighted by atomic mass is 10.1. The maximum Gasteiger partial charge on any atom is 0.173 e. The first-order chi connectivity index (χ1) is 8.61. The van der Waals surface area contributed by atoms with Crippen molar-refractivity contribution in [1.82, 2.24) is 9.55 Å². The first-order valence-electron chi connectivity index (χ1n) is 5.60. The molecule has 1 aromatic carbocycles. The molecule has 0 aliphatic heterocycles. The fraction of sp³-hybridized carbons (Fsp3) is 0.231. The summed E-state index contributed by atoms with van der Waals surface area (Å²) in [6, 6.07) is 4.43. The highest BCUT2D eigenvalue weighted by molar-refractivity contribution is 9.10. The monoisotopic (exact) mass is 310 g/mol. The minimum absolute atomic E-state index is 0.101. The number of benzene rings is 1. The summed E-state index contributed by atoms with van der Waals surface area (Å²) in [6.07, 6.45) is 3.56. The van der Waals surface area contributed by atoms with E-state index in [-0.39, 0.29) is 17.8 Å². The second-order valence-corrected chi connectivity index (χ2v) is 4.77. The number of aromatic nitrogens is 2. The second kappa shape index (κ2) is 5.44. The number of aryl methyl sites for hydroxylation is 1. The Morgan fingerprint density at radius 3 is 2.94 bits per heavy atom. The minimum atomic E-state index is -0.510. The molecular weight excluding hydrogens is 299 g/mol. The molecule has 0 saturated heterocycles. The van der Waals surface area contributed by atoms with Crippen molar-refractivity contribution in [3.8, 4) is 0 Å². The number of carbonyl (C=O) groups excluding carboxylic acids is 1. The van der Waals surface area contributed by atoms with Gasteiger partial charge in [-0.2, -0.15) is 0 Å². The number of hydrogen-bond acceptors (Lipinski definition) is 2. The molecule has 2 rings (SSSR count). The molecule has 0 N–H and O–H groups in total. The zero-order chi connectivity index (χ0) is 13.1. The Balaban J connectivity index is 2.22. The highest BCUT2D eigenvalue weighted by atomic mass is 79.9. The van der Waals surface area contributed by atoms with Crippen LogP contribution in [-0.4, -0.2) is 15.3 Å². The van der Waals surface area contributed by atoms with Gasteiger partial charge in [0, 0.05) is 23.4 Å². The van der Waals surface area contributed by atoms with Gasteiger partial charge in [0.2, 0.25) is 0 Å². The topological polar surface area (TPSA) is 34.9 Å². The minimum Gasteiger partial charge on any atom is -0.335 e. The highest BCUT2D eigenvalue weighted by Gasteiger charge is 2.14. The van der Waals surface area contributed by atoms with Crippen LogP contribution < -0.4 is 0 Å². The van der Waals surface area contributed by atoms with Gasteiger partial charge in [0.1, 0.15) is 11.6 Å². The summed E-state index contributed by atoms with van der Waals surface area (Å²) < 4.78 is 16.1. The summed E-state index contributed by atoms with van der Waals surface area (Å²) in [5, 5.41) is 0. The normalized spacial score (nSPS) is 10.6. The molecule has 1 heterocycles. The molecule has 0 bridgehead atoms. The lowest BCUT2D eigenvalue weighted by Gasteiger charge is -2.05. The van der Waals surface area contributed by atoms with Gasteiger partial charge in [-0.3, -0.25) is 4.79 Å². The fourth-order valence-corrected chi connectivity index (χ4v) is 2.08. The molecule has 1 aromatic heterocycles. The zero-order valence-electron chi connectivity index (χ0n) is 9.86. The summed E-state index contributed by atoms with van der Waals surface area (Å²) in [7, 11) is 0. The van der Waals surface area contributed by atoms with E-state index in [0.717, 1.165) is 6.54 Å². The van der Waals surface area contributed by atoms with Crippen molar-refractivity contribution in [2.45, 2.75) is 19.9 Å². The van der Waals surface area contributed by atoms with Crippen molar-refractivity contribution in [2.75, 3.05) is 0 Å². The van der Waals surface area contributed by atoms with E-state index in [0.29, 0.717) is 10.3 Å². The van der Waals surface area contributed by atoms with Crippen molar-refractivity contribution < 1.29 is 9.18 Å². The van der Waals surface area contributed by atoms with Crippen LogP contribution >= 0.6 is 15.9 Å². The number of imidazole rings is 1. The van der Waals surface area contributed by atoms with Gasteiger partial charge >= 0.3 is 0 Å². The number of halogens is 2. The Bertz CT molecular complexity index is 580. The number of rotatable bonds is 4. The van der Waals surface area contributed by atoms with Crippen LogP contribution in [0.2, 0.25) is 0 Å². The number of Topliss-reactive ketones (excluding diaryl/α,β-unsaturated/α-hetero) is 1. The maximum atomic E-state index is 13.6. The molecule has 0 amide bonds. The van der Waals surface area contributed by atoms with Crippen LogP contribution in [0.4, 0.5) is 4.39 Å². The molecule has 0 saturated carbocycles. The summed E-state index contributed by atoms with van der Waals surface area (Å²) in [4.78, 5) is 16.1. The van der Waals surface area contributed by atoms with Gasteiger partial charge in [0.15, 0.2) is 5.78 Å². The van der Waals surface area contributed by atoms with Gasteiger partial charge < -0.3 is 4.57 Å². The summed E-state index contributed by atoms with van der Waals surface area (Å²) in [6.45, 7) is 2.71. The summed E-state index contributed by atoms with van der Waals surface area (Å²) in [5.74, 6) is -0.116. The van der Waals surface area contributed by atoms with Crippen molar-refractivity contribution in [3.05, 3.63) is 52.3 Å². The van der Waals surface area contributed by atoms with Gasteiger partial charge in [-0.1, -0.05) is 15.9 Å². The molecule has 94 valence electrons. The number of hydrogen-bond donors (Lipinski definition) is 0. The van der Waals surface area contributed by atoms with Crippen LogP contribution in [0, 0.1) is 5.82 Å². The maximum absolute atomic E-state index is 13.6. The molecule has 0 aliphatic carbocycles. The summed E-state index contributed by atoms with van der Waals surface area (Å²) in [5.41, 5.74) is 0.101. The lowest BCUT2D eigenvalue weighted by molar-refractivity contribution is 0.0986. The van der Waals surface area contributed by atoms with Crippen LogP contribution in [0.1, 0.15) is 23.1 Å². The van der Waals surface area contributed by atoms with E-state index in [1.54, 1.807) is 18.5 Å². The third-order valence-electron chi connectivity index (χ3n) is 2.69. The fourth-order valence-electron chi connectivity index (χ4n) is 1.75. The molecule has 3 nitrogen and oxygen atoms in total. The van der Waals surface area contributed by atoms with Gasteiger partial charge in [-0.15, -0.1) is 0 Å². The molecular formula is C13H12BrFN2O. The second-order valence-electron chi connectivity index (χ2n) is 3.85. The van der Waals surface area contributed by atoms with Crippen LogP contribution in [-0.2, 0) is 13.0 Å². The SMILES string of the molecule is CCn1ccnc1CC(=O)c1ccc(Br)cc1F. The predicted molar refractivity (Wildman–Crippen MR) is 70.0 cm³/mol. The van der Waals surface area contributed by atoms with E-state index in [2.05, 4.69) is 20.9 Å². The molecule has 0 atom stereocenters. The molecule has 0 unspecified atom stereocenters. The van der Waals surface area contributed by atoms with Crippen LogP contribution in [0.25, 0.3) is 0 Å². The Kier molecular flexibility index (Phi) is 3.91. The third-order valence-corrected chi connectivity index (χ3v) is 3.19. The van der Waals surface area contributed by atoms with Gasteiger partial charge in [0.05, 0.1) is 12.0 Å². The van der Waals surface area contributed by atoms with Crippen molar-refractivity contribution in [1.29, 1.82) is 0 Å². The van der Waals surface area contributed by atoms with Crippen LogP contribution in [0.3, 0.4) is 0 Å². The largest absolute Gasteiger partial charge is 0.335 e. The van der Waals surface area contributed by atoms with Crippen molar-refractivity contribution in [3.63, 3.8) is 0 Å². The van der Waals surface area contributed by atoms with Crippen LogP contribution in [0.15, 0.2) is 35.1 Å². The number of ketones is 1. The molecule has 0 spiro atoms. The zero-order valence-corrected chi connectivity index (χ0v) is 11.4. The molecule has 0 radical (unpaired) electrons. The van der Waals surface area contributed by atoms with E-state index in [1.165, 1.54) is 12.1 Å². The Hall–Kier alpha value is -1.49. The highest BCUT2D eigenvalue weighted by Crippen LogP contribution is 2.17. The van der Waals surface area contributed by atoms with E-state index >= 15 is 0 Å². The van der Waals surface area contributed by atoms with Gasteiger partial charge in [-0.05, 0) is 25.1 Å². The van der Waals surface area contributed by atoms with E-state index < -0.39 is 5.82 Å². The first-order valence-corrected chi connectivity index (χ1v) is 6.39.